The summed E-state index contributed by atoms with van der Waals surface area (Å²) in [6.07, 6.45) is -0.879. The third-order valence-electron chi connectivity index (χ3n) is 8.45. The SMILES string of the molecule is C[C@@H]1[C@H](CSc2nc(-c3ccccc3)c(-c3ccccc3)o2)O[C@H](c2ccc(NC(=O)CCCC(=O)O)cc2)O[C@@H]1c1ccc(CO)cc1. The molecule has 0 saturated carbocycles. The highest BCUT2D eigenvalue weighted by Crippen LogP contribution is 2.44. The van der Waals surface area contributed by atoms with Crippen molar-refractivity contribution in [3.63, 3.8) is 0 Å². The number of aromatic nitrogens is 1. The molecule has 4 aromatic carbocycles. The highest BCUT2D eigenvalue weighted by atomic mass is 32.2. The first-order chi connectivity index (χ1) is 23.9. The van der Waals surface area contributed by atoms with Crippen molar-refractivity contribution in [3.8, 4) is 22.6 Å². The van der Waals surface area contributed by atoms with Gasteiger partial charge in [-0.15, -0.1) is 0 Å². The lowest BCUT2D eigenvalue weighted by atomic mass is 9.91. The number of carboxylic acids is 1. The summed E-state index contributed by atoms with van der Waals surface area (Å²) >= 11 is 1.50. The smallest absolute Gasteiger partial charge is 0.303 e. The Labute approximate surface area is 289 Å². The molecule has 252 valence electrons. The van der Waals surface area contributed by atoms with Crippen LogP contribution in [0.3, 0.4) is 0 Å². The van der Waals surface area contributed by atoms with E-state index in [1.165, 1.54) is 11.8 Å². The number of carboxylic acid groups (broad SMARTS) is 1. The highest BCUT2D eigenvalue weighted by molar-refractivity contribution is 7.99. The molecule has 1 aliphatic heterocycles. The number of ether oxygens (including phenoxy) is 2. The first kappa shape index (κ1) is 34.1. The Hall–Kier alpha value is -4.74. The van der Waals surface area contributed by atoms with Crippen molar-refractivity contribution in [1.82, 2.24) is 4.98 Å². The fourth-order valence-corrected chi connectivity index (χ4v) is 6.74. The van der Waals surface area contributed by atoms with E-state index in [-0.39, 0.29) is 49.9 Å². The zero-order valence-electron chi connectivity index (χ0n) is 27.0. The second-order valence-corrected chi connectivity index (χ2v) is 12.9. The lowest BCUT2D eigenvalue weighted by Crippen LogP contribution is -2.38. The molecule has 10 heteroatoms. The van der Waals surface area contributed by atoms with E-state index in [0.717, 1.165) is 33.5 Å². The molecule has 0 bridgehead atoms. The van der Waals surface area contributed by atoms with Crippen LogP contribution in [-0.4, -0.2) is 38.9 Å². The Bertz CT molecular complexity index is 1770. The third-order valence-corrected chi connectivity index (χ3v) is 9.36. The quantitative estimate of drug-likeness (QED) is 0.105. The van der Waals surface area contributed by atoms with E-state index in [1.807, 2.05) is 97.1 Å². The monoisotopic (exact) mass is 678 g/mol. The molecule has 4 atom stereocenters. The summed E-state index contributed by atoms with van der Waals surface area (Å²) in [4.78, 5) is 28.0. The predicted octanol–water partition coefficient (Wildman–Crippen LogP) is 8.28. The van der Waals surface area contributed by atoms with Crippen LogP contribution in [0.4, 0.5) is 5.69 Å². The summed E-state index contributed by atoms with van der Waals surface area (Å²) in [7, 11) is 0. The number of anilines is 1. The van der Waals surface area contributed by atoms with Gasteiger partial charge in [0.05, 0.1) is 18.8 Å². The van der Waals surface area contributed by atoms with Crippen LogP contribution >= 0.6 is 11.8 Å². The summed E-state index contributed by atoms with van der Waals surface area (Å²) in [5.41, 5.74) is 5.89. The van der Waals surface area contributed by atoms with Crippen molar-refractivity contribution in [2.24, 2.45) is 5.92 Å². The number of amides is 1. The second-order valence-electron chi connectivity index (χ2n) is 11.9. The maximum atomic E-state index is 12.3. The maximum Gasteiger partial charge on any atom is 0.303 e. The van der Waals surface area contributed by atoms with Crippen LogP contribution in [0, 0.1) is 5.92 Å². The highest BCUT2D eigenvalue weighted by Gasteiger charge is 2.38. The van der Waals surface area contributed by atoms with E-state index < -0.39 is 12.3 Å². The third kappa shape index (κ3) is 8.65. The minimum Gasteiger partial charge on any atom is -0.481 e. The van der Waals surface area contributed by atoms with Crippen molar-refractivity contribution >= 4 is 29.3 Å². The average molecular weight is 679 g/mol. The summed E-state index contributed by atoms with van der Waals surface area (Å²) in [5, 5.41) is 21.8. The Morgan fingerprint density at radius 3 is 2.12 bits per heavy atom. The zero-order valence-corrected chi connectivity index (χ0v) is 27.8. The molecule has 2 heterocycles. The number of aliphatic hydroxyl groups excluding tert-OH is 1. The fraction of sp³-hybridized carbons (Fsp3) is 0.256. The van der Waals surface area contributed by atoms with Crippen molar-refractivity contribution in [2.45, 2.75) is 56.5 Å². The average Bonchev–Trinajstić information content (AvgIpc) is 3.57. The standard InChI is InChI=1S/C39H38N2O7S/c1-25-32(24-49-39-41-35(27-9-4-2-5-10-27)37(48-39)28-11-6-3-7-12-28)46-38(47-36(25)29-17-15-26(23-42)16-18-29)30-19-21-31(22-20-30)40-33(43)13-8-14-34(44)45/h2-7,9-12,15-22,25,32,36,38,42H,8,13-14,23-24H2,1H3,(H,40,43)(H,44,45)/t25-,32+,36+,38+/m1/s1. The number of carbonyl (C=O) groups is 2. The molecule has 3 N–H and O–H groups in total. The molecule has 49 heavy (non-hydrogen) atoms. The van der Waals surface area contributed by atoms with Crippen molar-refractivity contribution < 1.29 is 33.7 Å². The molecule has 5 aromatic rings. The Morgan fingerprint density at radius 1 is 0.816 bits per heavy atom. The number of aliphatic carboxylic acids is 1. The fourth-order valence-electron chi connectivity index (χ4n) is 5.75. The number of nitrogens with one attached hydrogen (secondary N) is 1. The number of aliphatic hydroxyl groups is 1. The van der Waals surface area contributed by atoms with Gasteiger partial charge in [0, 0.05) is 46.9 Å². The van der Waals surface area contributed by atoms with E-state index in [2.05, 4.69) is 12.2 Å². The van der Waals surface area contributed by atoms with Crippen LogP contribution in [-0.2, 0) is 25.7 Å². The minimum absolute atomic E-state index is 0.0368. The molecule has 1 saturated heterocycles. The van der Waals surface area contributed by atoms with Crippen LogP contribution in [0.15, 0.2) is 119 Å². The van der Waals surface area contributed by atoms with Gasteiger partial charge in [-0.25, -0.2) is 4.98 Å². The first-order valence-corrected chi connectivity index (χ1v) is 17.2. The maximum absolute atomic E-state index is 12.3. The van der Waals surface area contributed by atoms with Gasteiger partial charge < -0.3 is 29.4 Å². The molecule has 1 fully saturated rings. The topological polar surface area (TPSA) is 131 Å². The largest absolute Gasteiger partial charge is 0.481 e. The van der Waals surface area contributed by atoms with Crippen LogP contribution in [0.25, 0.3) is 22.6 Å². The molecule has 0 spiro atoms. The number of benzene rings is 4. The number of nitrogens with zero attached hydrogens (tertiary/aromatic N) is 1. The Morgan fingerprint density at radius 2 is 1.47 bits per heavy atom. The van der Waals surface area contributed by atoms with Crippen LogP contribution in [0.2, 0.25) is 0 Å². The zero-order chi connectivity index (χ0) is 34.2. The minimum atomic E-state index is -0.924. The van der Waals surface area contributed by atoms with Crippen LogP contribution in [0.1, 0.15) is 55.3 Å². The molecule has 0 aliphatic carbocycles. The number of oxazole rings is 1. The van der Waals surface area contributed by atoms with Gasteiger partial charge in [-0.05, 0) is 29.7 Å². The second kappa shape index (κ2) is 16.1. The lowest BCUT2D eigenvalue weighted by Gasteiger charge is -2.41. The number of carbonyl (C=O) groups excluding carboxylic acids is 1. The van der Waals surface area contributed by atoms with Gasteiger partial charge in [-0.2, -0.15) is 0 Å². The van der Waals surface area contributed by atoms with E-state index in [4.69, 9.17) is 24.0 Å². The molecule has 0 radical (unpaired) electrons. The van der Waals surface area contributed by atoms with Crippen molar-refractivity contribution in [1.29, 1.82) is 0 Å². The van der Waals surface area contributed by atoms with Gasteiger partial charge in [0.25, 0.3) is 5.22 Å². The molecule has 6 rings (SSSR count). The summed E-state index contributed by atoms with van der Waals surface area (Å²) < 4.78 is 19.6. The van der Waals surface area contributed by atoms with Gasteiger partial charge in [0.1, 0.15) is 5.69 Å². The Kier molecular flexibility index (Phi) is 11.2. The first-order valence-electron chi connectivity index (χ1n) is 16.2. The molecule has 1 amide bonds. The number of rotatable bonds is 13. The van der Waals surface area contributed by atoms with Gasteiger partial charge in [-0.1, -0.05) is 116 Å². The van der Waals surface area contributed by atoms with Gasteiger partial charge >= 0.3 is 5.97 Å². The van der Waals surface area contributed by atoms with Gasteiger partial charge in [0.2, 0.25) is 5.91 Å². The molecular formula is C39H38N2O7S. The Balaban J connectivity index is 1.22. The van der Waals surface area contributed by atoms with Gasteiger partial charge in [-0.3, -0.25) is 9.59 Å². The molecule has 0 unspecified atom stereocenters. The van der Waals surface area contributed by atoms with E-state index >= 15 is 0 Å². The summed E-state index contributed by atoms with van der Waals surface area (Å²) in [6, 6.07) is 35.0. The summed E-state index contributed by atoms with van der Waals surface area (Å²) in [6.45, 7) is 2.07. The van der Waals surface area contributed by atoms with Crippen LogP contribution in [0.5, 0.6) is 0 Å². The van der Waals surface area contributed by atoms with Crippen molar-refractivity contribution in [2.75, 3.05) is 11.1 Å². The lowest BCUT2D eigenvalue weighted by molar-refractivity contribution is -0.268. The van der Waals surface area contributed by atoms with E-state index in [9.17, 15) is 14.7 Å². The number of hydrogen-bond donors (Lipinski definition) is 3. The van der Waals surface area contributed by atoms with Crippen LogP contribution < -0.4 is 5.32 Å². The molecule has 1 aromatic heterocycles. The summed E-state index contributed by atoms with van der Waals surface area (Å²) in [5.74, 6) is 0.0652. The predicted molar refractivity (Wildman–Crippen MR) is 188 cm³/mol. The van der Waals surface area contributed by atoms with E-state index in [0.29, 0.717) is 22.4 Å². The molecular weight excluding hydrogens is 641 g/mol. The normalized spacial score (nSPS) is 19.0. The van der Waals surface area contributed by atoms with Crippen molar-refractivity contribution in [3.05, 3.63) is 126 Å². The number of thioether (sulfide) groups is 1. The molecule has 1 aliphatic rings. The van der Waals surface area contributed by atoms with Gasteiger partial charge in [0.15, 0.2) is 12.1 Å². The van der Waals surface area contributed by atoms with E-state index in [1.54, 1.807) is 12.1 Å². The number of hydrogen-bond acceptors (Lipinski definition) is 8. The molecule has 9 nitrogen and oxygen atoms in total.